The number of likely N-dealkylation sites (N-methyl/N-ethyl adjacent to an activating group) is 1. The van der Waals surface area contributed by atoms with Crippen LogP contribution < -0.4 is 5.32 Å². The van der Waals surface area contributed by atoms with Gasteiger partial charge in [0.15, 0.2) is 0 Å². The Hall–Kier alpha value is -2.13. The summed E-state index contributed by atoms with van der Waals surface area (Å²) >= 11 is 0. The molecule has 3 nitrogen and oxygen atoms in total. The van der Waals surface area contributed by atoms with Gasteiger partial charge in [0, 0.05) is 12.1 Å². The van der Waals surface area contributed by atoms with Crippen molar-refractivity contribution in [3.63, 3.8) is 0 Å². The second kappa shape index (κ2) is 7.63. The van der Waals surface area contributed by atoms with Crippen molar-refractivity contribution in [2.24, 2.45) is 0 Å². The number of nitrogens with one attached hydrogen (secondary N) is 1. The molecular formula is C21H28N2O. The second-order valence-electron chi connectivity index (χ2n) is 7.53. The highest BCUT2D eigenvalue weighted by Gasteiger charge is 2.18. The molecular weight excluding hydrogens is 296 g/mol. The Labute approximate surface area is 145 Å². The van der Waals surface area contributed by atoms with E-state index in [4.69, 9.17) is 0 Å². The first-order valence-electron chi connectivity index (χ1n) is 8.38. The van der Waals surface area contributed by atoms with Crippen molar-refractivity contribution >= 4 is 5.91 Å². The summed E-state index contributed by atoms with van der Waals surface area (Å²) in [5.41, 5.74) is 3.13. The molecule has 1 amide bonds. The van der Waals surface area contributed by atoms with Crippen molar-refractivity contribution in [1.29, 1.82) is 0 Å². The first-order valence-corrected chi connectivity index (χ1v) is 8.38. The van der Waals surface area contributed by atoms with E-state index in [2.05, 4.69) is 43.1 Å². The van der Waals surface area contributed by atoms with E-state index in [1.165, 1.54) is 5.56 Å². The van der Waals surface area contributed by atoms with Crippen LogP contribution in [0.4, 0.5) is 0 Å². The fraction of sp³-hybridized carbons (Fsp3) is 0.381. The van der Waals surface area contributed by atoms with E-state index in [1.54, 1.807) is 0 Å². The lowest BCUT2D eigenvalue weighted by atomic mass is 9.86. The van der Waals surface area contributed by atoms with E-state index in [9.17, 15) is 4.79 Å². The zero-order chi connectivity index (χ0) is 17.7. The average Bonchev–Trinajstić information content (AvgIpc) is 2.54. The molecule has 0 aliphatic heterocycles. The van der Waals surface area contributed by atoms with Gasteiger partial charge in [-0.1, -0.05) is 63.2 Å². The van der Waals surface area contributed by atoms with E-state index in [0.717, 1.165) is 12.1 Å². The molecule has 0 radical (unpaired) electrons. The van der Waals surface area contributed by atoms with Gasteiger partial charge in [-0.25, -0.2) is 0 Å². The number of amides is 1. The Kier molecular flexibility index (Phi) is 5.79. The fourth-order valence-corrected chi connectivity index (χ4v) is 2.65. The summed E-state index contributed by atoms with van der Waals surface area (Å²) < 4.78 is 0. The van der Waals surface area contributed by atoms with E-state index in [1.807, 2.05) is 56.6 Å². The minimum absolute atomic E-state index is 0.0315. The molecule has 2 aromatic carbocycles. The number of carbonyl (C=O) groups is 1. The molecule has 128 valence electrons. The van der Waals surface area contributed by atoms with E-state index < -0.39 is 0 Å². The zero-order valence-electron chi connectivity index (χ0n) is 15.3. The molecule has 0 bridgehead atoms. The molecule has 3 heteroatoms. The van der Waals surface area contributed by atoms with Gasteiger partial charge in [0.2, 0.25) is 0 Å². The Morgan fingerprint density at radius 2 is 1.58 bits per heavy atom. The maximum Gasteiger partial charge on any atom is 0.251 e. The summed E-state index contributed by atoms with van der Waals surface area (Å²) in [6.45, 7) is 7.27. The largest absolute Gasteiger partial charge is 0.344 e. The van der Waals surface area contributed by atoms with Gasteiger partial charge in [-0.2, -0.15) is 0 Å². The van der Waals surface area contributed by atoms with Gasteiger partial charge in [-0.05, 0) is 42.8 Å². The van der Waals surface area contributed by atoms with Gasteiger partial charge in [-0.3, -0.25) is 4.79 Å². The highest BCUT2D eigenvalue weighted by atomic mass is 16.1. The number of hydrogen-bond donors (Lipinski definition) is 1. The molecule has 24 heavy (non-hydrogen) atoms. The summed E-state index contributed by atoms with van der Waals surface area (Å²) in [6.07, 6.45) is 0. The molecule has 0 aromatic heterocycles. The van der Waals surface area contributed by atoms with E-state index in [-0.39, 0.29) is 17.4 Å². The molecule has 0 heterocycles. The highest BCUT2D eigenvalue weighted by Crippen LogP contribution is 2.22. The van der Waals surface area contributed by atoms with Crippen LogP contribution in [0.25, 0.3) is 0 Å². The summed E-state index contributed by atoms with van der Waals surface area (Å²) in [5, 5.41) is 3.16. The van der Waals surface area contributed by atoms with Crippen molar-refractivity contribution < 1.29 is 4.79 Å². The molecule has 0 aliphatic carbocycles. The van der Waals surface area contributed by atoms with Gasteiger partial charge in [0.1, 0.15) is 0 Å². The normalized spacial score (nSPS) is 12.9. The molecule has 2 aromatic rings. The predicted octanol–water partition coefficient (Wildman–Crippen LogP) is 4.02. The molecule has 0 saturated carbocycles. The van der Waals surface area contributed by atoms with Crippen LogP contribution in [0.5, 0.6) is 0 Å². The van der Waals surface area contributed by atoms with Crippen LogP contribution in [0, 0.1) is 0 Å². The monoisotopic (exact) mass is 324 g/mol. The predicted molar refractivity (Wildman–Crippen MR) is 100 cm³/mol. The Morgan fingerprint density at radius 3 is 2.08 bits per heavy atom. The first-order chi connectivity index (χ1) is 11.3. The smallest absolute Gasteiger partial charge is 0.251 e. The van der Waals surface area contributed by atoms with Gasteiger partial charge < -0.3 is 10.2 Å². The summed E-state index contributed by atoms with van der Waals surface area (Å²) in [5.74, 6) is -0.0360. The maximum atomic E-state index is 12.6. The molecule has 0 saturated heterocycles. The van der Waals surface area contributed by atoms with E-state index >= 15 is 0 Å². The van der Waals surface area contributed by atoms with Crippen molar-refractivity contribution in [2.45, 2.75) is 32.2 Å². The standard InChI is InChI=1S/C21H28N2O/c1-21(2,3)18-13-11-17(12-14-18)20(24)22-19(15-23(4)5)16-9-7-6-8-10-16/h6-14,19H,15H2,1-5H3,(H,22,24)/t19-/m1/s1. The third-order valence-electron chi connectivity index (χ3n) is 4.07. The summed E-state index contributed by atoms with van der Waals surface area (Å²) in [4.78, 5) is 14.7. The zero-order valence-corrected chi connectivity index (χ0v) is 15.3. The minimum atomic E-state index is -0.0360. The summed E-state index contributed by atoms with van der Waals surface area (Å²) in [7, 11) is 4.03. The van der Waals surface area contributed by atoms with Gasteiger partial charge in [-0.15, -0.1) is 0 Å². The lowest BCUT2D eigenvalue weighted by molar-refractivity contribution is 0.0930. The van der Waals surface area contributed by atoms with Crippen LogP contribution in [-0.4, -0.2) is 31.4 Å². The molecule has 1 N–H and O–H groups in total. The van der Waals surface area contributed by atoms with Crippen LogP contribution in [-0.2, 0) is 5.41 Å². The third-order valence-corrected chi connectivity index (χ3v) is 4.07. The van der Waals surface area contributed by atoms with E-state index in [0.29, 0.717) is 5.56 Å². The van der Waals surface area contributed by atoms with Crippen molar-refractivity contribution in [1.82, 2.24) is 10.2 Å². The fourth-order valence-electron chi connectivity index (χ4n) is 2.65. The maximum absolute atomic E-state index is 12.6. The third kappa shape index (κ3) is 4.93. The highest BCUT2D eigenvalue weighted by molar-refractivity contribution is 5.94. The average molecular weight is 324 g/mol. The number of benzene rings is 2. The lowest BCUT2D eigenvalue weighted by Crippen LogP contribution is -2.35. The SMILES string of the molecule is CN(C)C[C@@H](NC(=O)c1ccc(C(C)(C)C)cc1)c1ccccc1. The van der Waals surface area contributed by atoms with Crippen molar-refractivity contribution in [3.05, 3.63) is 71.3 Å². The Morgan fingerprint density at radius 1 is 1.00 bits per heavy atom. The molecule has 1 atom stereocenters. The lowest BCUT2D eigenvalue weighted by Gasteiger charge is -2.23. The van der Waals surface area contributed by atoms with Gasteiger partial charge in [0.25, 0.3) is 5.91 Å². The second-order valence-corrected chi connectivity index (χ2v) is 7.53. The summed E-state index contributed by atoms with van der Waals surface area (Å²) in [6, 6.07) is 18.0. The molecule has 0 fully saturated rings. The van der Waals surface area contributed by atoms with Gasteiger partial charge in [0.05, 0.1) is 6.04 Å². The van der Waals surface area contributed by atoms with Crippen LogP contribution in [0.3, 0.4) is 0 Å². The number of nitrogens with zero attached hydrogens (tertiary/aromatic N) is 1. The molecule has 0 aliphatic rings. The van der Waals surface area contributed by atoms with Crippen molar-refractivity contribution in [3.8, 4) is 0 Å². The number of rotatable bonds is 5. The Balaban J connectivity index is 2.15. The van der Waals surface area contributed by atoms with Crippen LogP contribution in [0.15, 0.2) is 54.6 Å². The minimum Gasteiger partial charge on any atom is -0.344 e. The quantitative estimate of drug-likeness (QED) is 0.901. The topological polar surface area (TPSA) is 32.3 Å². The van der Waals surface area contributed by atoms with Gasteiger partial charge >= 0.3 is 0 Å². The first kappa shape index (κ1) is 18.2. The van der Waals surface area contributed by atoms with Crippen LogP contribution in [0.2, 0.25) is 0 Å². The number of carbonyl (C=O) groups excluding carboxylic acids is 1. The molecule has 2 rings (SSSR count). The Bertz CT molecular complexity index is 654. The van der Waals surface area contributed by atoms with Crippen LogP contribution in [0.1, 0.15) is 48.3 Å². The molecule has 0 unspecified atom stereocenters. The number of hydrogen-bond acceptors (Lipinski definition) is 2. The van der Waals surface area contributed by atoms with Crippen LogP contribution >= 0.6 is 0 Å². The molecule has 0 spiro atoms. The van der Waals surface area contributed by atoms with Crippen molar-refractivity contribution in [2.75, 3.05) is 20.6 Å².